The molecule has 0 aliphatic carbocycles. The van der Waals surface area contributed by atoms with Gasteiger partial charge in [-0.1, -0.05) is 42.4 Å². The molecule has 0 amide bonds. The van der Waals surface area contributed by atoms with Crippen LogP contribution in [0, 0.1) is 0 Å². The number of likely N-dealkylation sites (tertiary alicyclic amines) is 1. The first-order chi connectivity index (χ1) is 9.76. The van der Waals surface area contributed by atoms with E-state index in [9.17, 15) is 0 Å². The molecule has 21 heavy (non-hydrogen) atoms. The Kier molecular flexibility index (Phi) is 5.33. The molecule has 0 spiro atoms. The van der Waals surface area contributed by atoms with Gasteiger partial charge in [-0.3, -0.25) is 4.90 Å². The van der Waals surface area contributed by atoms with E-state index in [1.807, 2.05) is 13.0 Å². The molecule has 2 aromatic rings. The first kappa shape index (κ1) is 15.9. The van der Waals surface area contributed by atoms with E-state index >= 15 is 0 Å². The number of aromatic nitrogens is 2. The van der Waals surface area contributed by atoms with Crippen LogP contribution in [0.15, 0.2) is 34.9 Å². The zero-order chi connectivity index (χ0) is 13.9. The Morgan fingerprint density at radius 1 is 1.29 bits per heavy atom. The first-order valence-corrected chi connectivity index (χ1v) is 7.10. The van der Waals surface area contributed by atoms with Crippen molar-refractivity contribution in [1.29, 1.82) is 0 Å². The summed E-state index contributed by atoms with van der Waals surface area (Å²) >= 11 is 0. The molecule has 1 aromatic carbocycles. The van der Waals surface area contributed by atoms with Gasteiger partial charge in [0.05, 0.1) is 6.54 Å². The molecule has 0 bridgehead atoms. The van der Waals surface area contributed by atoms with Crippen LogP contribution in [0.3, 0.4) is 0 Å². The lowest BCUT2D eigenvalue weighted by Crippen LogP contribution is -2.28. The number of nitrogens with two attached hydrogens (primary N) is 1. The minimum absolute atomic E-state index is 0. The highest BCUT2D eigenvalue weighted by Gasteiger charge is 2.31. The average molecular weight is 309 g/mol. The molecule has 3 rings (SSSR count). The van der Waals surface area contributed by atoms with Gasteiger partial charge >= 0.3 is 0 Å². The second-order valence-corrected chi connectivity index (χ2v) is 5.33. The normalized spacial score (nSPS) is 22.2. The summed E-state index contributed by atoms with van der Waals surface area (Å²) in [6.07, 6.45) is 0.777. The van der Waals surface area contributed by atoms with Gasteiger partial charge in [0.1, 0.15) is 0 Å². The van der Waals surface area contributed by atoms with Crippen LogP contribution in [0.4, 0.5) is 0 Å². The average Bonchev–Trinajstić information content (AvgIpc) is 3.07. The number of hydrogen-bond donors (Lipinski definition) is 1. The fourth-order valence-electron chi connectivity index (χ4n) is 2.79. The Bertz CT molecular complexity index is 560. The number of rotatable bonds is 4. The maximum atomic E-state index is 6.28. The number of halogens is 1. The molecule has 6 heteroatoms. The van der Waals surface area contributed by atoms with Crippen molar-refractivity contribution in [1.82, 2.24) is 15.0 Å². The van der Waals surface area contributed by atoms with Gasteiger partial charge in [0, 0.05) is 31.5 Å². The Balaban J connectivity index is 0.00000161. The van der Waals surface area contributed by atoms with Crippen molar-refractivity contribution < 1.29 is 4.52 Å². The van der Waals surface area contributed by atoms with Crippen LogP contribution in [-0.4, -0.2) is 34.2 Å². The van der Waals surface area contributed by atoms with Crippen molar-refractivity contribution in [3.63, 3.8) is 0 Å². The van der Waals surface area contributed by atoms with Crippen LogP contribution < -0.4 is 5.73 Å². The summed E-state index contributed by atoms with van der Waals surface area (Å²) in [5, 5.41) is 4.00. The fourth-order valence-corrected chi connectivity index (χ4v) is 2.79. The lowest BCUT2D eigenvalue weighted by Gasteiger charge is -2.14. The maximum Gasteiger partial charge on any atom is 0.226 e. The molecule has 1 aliphatic heterocycles. The van der Waals surface area contributed by atoms with Crippen LogP contribution in [0.5, 0.6) is 0 Å². The summed E-state index contributed by atoms with van der Waals surface area (Å²) < 4.78 is 5.14. The Hall–Kier alpha value is -1.43. The molecule has 114 valence electrons. The Morgan fingerprint density at radius 3 is 2.71 bits per heavy atom. The summed E-state index contributed by atoms with van der Waals surface area (Å²) in [7, 11) is 0. The highest BCUT2D eigenvalue weighted by atomic mass is 35.5. The van der Waals surface area contributed by atoms with Crippen molar-refractivity contribution in [3.8, 4) is 0 Å². The van der Waals surface area contributed by atoms with Gasteiger partial charge in [0.15, 0.2) is 5.82 Å². The van der Waals surface area contributed by atoms with Crippen molar-refractivity contribution in [2.75, 3.05) is 13.1 Å². The summed E-state index contributed by atoms with van der Waals surface area (Å²) in [6.45, 7) is 4.53. The fraction of sp³-hybridized carbons (Fsp3) is 0.467. The predicted octanol–water partition coefficient (Wildman–Crippen LogP) is 1.98. The van der Waals surface area contributed by atoms with E-state index in [0.29, 0.717) is 18.4 Å². The second-order valence-electron chi connectivity index (χ2n) is 5.33. The number of hydrogen-bond acceptors (Lipinski definition) is 5. The van der Waals surface area contributed by atoms with Crippen molar-refractivity contribution in [2.45, 2.75) is 31.8 Å². The van der Waals surface area contributed by atoms with E-state index in [2.05, 4.69) is 39.3 Å². The molecule has 1 saturated heterocycles. The molecule has 0 radical (unpaired) electrons. The van der Waals surface area contributed by atoms with Gasteiger partial charge in [0.2, 0.25) is 5.89 Å². The molecule has 1 fully saturated rings. The predicted molar refractivity (Wildman–Crippen MR) is 83.4 cm³/mol. The summed E-state index contributed by atoms with van der Waals surface area (Å²) in [6, 6.07) is 10.6. The highest BCUT2D eigenvalue weighted by molar-refractivity contribution is 5.85. The van der Waals surface area contributed by atoms with Gasteiger partial charge in [0.25, 0.3) is 0 Å². The van der Waals surface area contributed by atoms with Crippen LogP contribution in [-0.2, 0) is 13.0 Å². The van der Waals surface area contributed by atoms with Crippen molar-refractivity contribution >= 4 is 12.4 Å². The second kappa shape index (κ2) is 7.02. The third-order valence-electron chi connectivity index (χ3n) is 3.85. The number of nitrogens with zero attached hydrogens (tertiary/aromatic N) is 3. The van der Waals surface area contributed by atoms with E-state index in [-0.39, 0.29) is 18.4 Å². The summed E-state index contributed by atoms with van der Waals surface area (Å²) in [5.74, 6) is 1.83. The molecule has 2 atom stereocenters. The number of aryl methyl sites for hydroxylation is 1. The zero-order valence-corrected chi connectivity index (χ0v) is 12.9. The standard InChI is InChI=1S/C15H20N4O.ClH/c1-2-15-17-14(18-20-15)10-19-8-12(13(16)9-19)11-6-4-3-5-7-11;/h3-7,12-13H,2,8-10,16H2,1H3;1H/t12-,13+;/m0./s1. The monoisotopic (exact) mass is 308 g/mol. The molecule has 0 saturated carbocycles. The van der Waals surface area contributed by atoms with E-state index < -0.39 is 0 Å². The molecule has 1 aliphatic rings. The van der Waals surface area contributed by atoms with Crippen LogP contribution in [0.1, 0.15) is 30.1 Å². The molecule has 2 heterocycles. The van der Waals surface area contributed by atoms with Crippen LogP contribution >= 0.6 is 12.4 Å². The summed E-state index contributed by atoms with van der Waals surface area (Å²) in [4.78, 5) is 6.65. The maximum absolute atomic E-state index is 6.28. The Labute approximate surface area is 130 Å². The van der Waals surface area contributed by atoms with Gasteiger partial charge in [-0.25, -0.2) is 0 Å². The van der Waals surface area contributed by atoms with Gasteiger partial charge in [-0.05, 0) is 5.56 Å². The largest absolute Gasteiger partial charge is 0.339 e. The first-order valence-electron chi connectivity index (χ1n) is 7.10. The molecular weight excluding hydrogens is 288 g/mol. The smallest absolute Gasteiger partial charge is 0.226 e. The molecule has 5 nitrogen and oxygen atoms in total. The topological polar surface area (TPSA) is 68.2 Å². The Morgan fingerprint density at radius 2 is 2.05 bits per heavy atom. The third kappa shape index (κ3) is 3.61. The lowest BCUT2D eigenvalue weighted by molar-refractivity contribution is 0.304. The van der Waals surface area contributed by atoms with Crippen LogP contribution in [0.2, 0.25) is 0 Å². The third-order valence-corrected chi connectivity index (χ3v) is 3.85. The van der Waals surface area contributed by atoms with Crippen molar-refractivity contribution in [2.24, 2.45) is 5.73 Å². The van der Waals surface area contributed by atoms with Crippen LogP contribution in [0.25, 0.3) is 0 Å². The van der Waals surface area contributed by atoms with E-state index in [1.165, 1.54) is 5.56 Å². The van der Waals surface area contributed by atoms with Gasteiger partial charge < -0.3 is 10.3 Å². The molecule has 2 N–H and O–H groups in total. The quantitative estimate of drug-likeness (QED) is 0.935. The van der Waals surface area contributed by atoms with E-state index in [4.69, 9.17) is 10.3 Å². The van der Waals surface area contributed by atoms with E-state index in [1.54, 1.807) is 0 Å². The van der Waals surface area contributed by atoms with E-state index in [0.717, 1.165) is 25.3 Å². The van der Waals surface area contributed by atoms with Crippen molar-refractivity contribution in [3.05, 3.63) is 47.6 Å². The minimum atomic E-state index is 0. The molecule has 1 aromatic heterocycles. The highest BCUT2D eigenvalue weighted by Crippen LogP contribution is 2.26. The van der Waals surface area contributed by atoms with Gasteiger partial charge in [-0.15, -0.1) is 12.4 Å². The minimum Gasteiger partial charge on any atom is -0.339 e. The zero-order valence-electron chi connectivity index (χ0n) is 12.1. The molecule has 0 unspecified atom stereocenters. The molecular formula is C15H21ClN4O. The number of benzene rings is 1. The summed E-state index contributed by atoms with van der Waals surface area (Å²) in [5.41, 5.74) is 7.59. The van der Waals surface area contributed by atoms with Gasteiger partial charge in [-0.2, -0.15) is 4.98 Å². The SMILES string of the molecule is CCc1nc(CN2C[C@@H](N)[C@H](c3ccccc3)C2)no1.Cl. The lowest BCUT2D eigenvalue weighted by atomic mass is 9.95.